The van der Waals surface area contributed by atoms with Crippen molar-refractivity contribution in [3.63, 3.8) is 0 Å². The molecule has 8 heteroatoms. The second-order valence-electron chi connectivity index (χ2n) is 5.22. The smallest absolute Gasteiger partial charge is 0.270 e. The Kier molecular flexibility index (Phi) is 4.51. The van der Waals surface area contributed by atoms with Crippen molar-refractivity contribution >= 4 is 28.8 Å². The van der Waals surface area contributed by atoms with E-state index in [9.17, 15) is 14.9 Å². The zero-order chi connectivity index (χ0) is 17.8. The van der Waals surface area contributed by atoms with Crippen LogP contribution in [0, 0.1) is 10.1 Å². The van der Waals surface area contributed by atoms with E-state index in [1.165, 1.54) is 22.9 Å². The highest BCUT2D eigenvalue weighted by Gasteiger charge is 2.09. The van der Waals surface area contributed by atoms with Crippen LogP contribution in [0.25, 0.3) is 10.9 Å². The fourth-order valence-electron chi connectivity index (χ4n) is 2.43. The number of hydrogen-bond acceptors (Lipinski definition) is 6. The third kappa shape index (κ3) is 3.37. The molecular formula is C17H15N5O3. The van der Waals surface area contributed by atoms with Crippen LogP contribution in [0.5, 0.6) is 0 Å². The first-order valence-corrected chi connectivity index (χ1v) is 7.63. The third-order valence-corrected chi connectivity index (χ3v) is 3.64. The van der Waals surface area contributed by atoms with E-state index in [0.29, 0.717) is 29.0 Å². The lowest BCUT2D eigenvalue weighted by Gasteiger charge is -2.10. The van der Waals surface area contributed by atoms with E-state index < -0.39 is 4.92 Å². The summed E-state index contributed by atoms with van der Waals surface area (Å²) < 4.78 is 1.48. The largest absolute Gasteiger partial charge is 0.277 e. The first-order chi connectivity index (χ1) is 12.1. The molecule has 0 aliphatic heterocycles. The van der Waals surface area contributed by atoms with Crippen LogP contribution in [0.15, 0.2) is 58.4 Å². The van der Waals surface area contributed by atoms with Gasteiger partial charge in [-0.1, -0.05) is 24.3 Å². The van der Waals surface area contributed by atoms with E-state index in [-0.39, 0.29) is 11.2 Å². The molecule has 0 spiro atoms. The van der Waals surface area contributed by atoms with Gasteiger partial charge in [-0.3, -0.25) is 19.5 Å². The predicted octanol–water partition coefficient (Wildman–Crippen LogP) is 2.77. The maximum atomic E-state index is 12.5. The Labute approximate surface area is 142 Å². The van der Waals surface area contributed by atoms with E-state index in [0.717, 1.165) is 0 Å². The number of aromatic nitrogens is 2. The highest BCUT2D eigenvalue weighted by atomic mass is 16.6. The molecule has 3 rings (SSSR count). The van der Waals surface area contributed by atoms with Crippen LogP contribution in [0.1, 0.15) is 12.5 Å². The van der Waals surface area contributed by atoms with E-state index in [1.54, 1.807) is 36.4 Å². The lowest BCUT2D eigenvalue weighted by molar-refractivity contribution is -0.384. The van der Waals surface area contributed by atoms with Crippen LogP contribution < -0.4 is 11.0 Å². The van der Waals surface area contributed by atoms with Gasteiger partial charge in [0.05, 0.1) is 22.0 Å². The SMILES string of the molecule is CCn1c(N/N=C\c2cccc([N+](=O)[O-])c2)nc2ccccc2c1=O. The Balaban J connectivity index is 1.91. The minimum absolute atomic E-state index is 0.0155. The summed E-state index contributed by atoms with van der Waals surface area (Å²) in [6, 6.07) is 13.2. The Hall–Kier alpha value is -3.55. The Bertz CT molecular complexity index is 1030. The number of hydrogen-bond donors (Lipinski definition) is 1. The van der Waals surface area contributed by atoms with Crippen LogP contribution >= 0.6 is 0 Å². The average molecular weight is 337 g/mol. The maximum Gasteiger partial charge on any atom is 0.270 e. The van der Waals surface area contributed by atoms with Gasteiger partial charge in [0, 0.05) is 24.2 Å². The second kappa shape index (κ2) is 6.91. The molecule has 0 bridgehead atoms. The molecule has 126 valence electrons. The van der Waals surface area contributed by atoms with E-state index in [1.807, 2.05) is 6.92 Å². The number of fused-ring (bicyclic) bond motifs is 1. The molecular weight excluding hydrogens is 322 g/mol. The van der Waals surface area contributed by atoms with Crippen LogP contribution in [0.4, 0.5) is 11.6 Å². The number of non-ortho nitro benzene ring substituents is 1. The Morgan fingerprint density at radius 1 is 1.28 bits per heavy atom. The lowest BCUT2D eigenvalue weighted by atomic mass is 10.2. The molecule has 2 aromatic carbocycles. The molecule has 8 nitrogen and oxygen atoms in total. The van der Waals surface area contributed by atoms with Crippen molar-refractivity contribution in [2.24, 2.45) is 5.10 Å². The second-order valence-corrected chi connectivity index (χ2v) is 5.22. The summed E-state index contributed by atoms with van der Waals surface area (Å²) in [6.07, 6.45) is 1.44. The minimum atomic E-state index is -0.468. The van der Waals surface area contributed by atoms with Crippen molar-refractivity contribution in [1.82, 2.24) is 9.55 Å². The predicted molar refractivity (Wildman–Crippen MR) is 96.0 cm³/mol. The van der Waals surface area contributed by atoms with Gasteiger partial charge in [0.1, 0.15) is 0 Å². The number of nitrogens with one attached hydrogen (secondary N) is 1. The Morgan fingerprint density at radius 2 is 2.08 bits per heavy atom. The van der Waals surface area contributed by atoms with Crippen molar-refractivity contribution in [2.75, 3.05) is 5.43 Å². The summed E-state index contributed by atoms with van der Waals surface area (Å²) in [5.74, 6) is 0.313. The van der Waals surface area contributed by atoms with Gasteiger partial charge in [-0.25, -0.2) is 10.4 Å². The number of nitro benzene ring substituents is 1. The highest BCUT2D eigenvalue weighted by molar-refractivity contribution is 5.81. The number of benzene rings is 2. The van der Waals surface area contributed by atoms with Gasteiger partial charge in [0.2, 0.25) is 5.95 Å². The number of rotatable bonds is 5. The number of hydrazone groups is 1. The molecule has 0 fully saturated rings. The average Bonchev–Trinajstić information content (AvgIpc) is 2.62. The molecule has 1 N–H and O–H groups in total. The van der Waals surface area contributed by atoms with Gasteiger partial charge in [-0.2, -0.15) is 5.10 Å². The van der Waals surface area contributed by atoms with Gasteiger partial charge >= 0.3 is 0 Å². The van der Waals surface area contributed by atoms with Crippen LogP contribution in [-0.4, -0.2) is 20.7 Å². The standard InChI is InChI=1S/C17H15N5O3/c1-2-21-16(23)14-8-3-4-9-15(14)19-17(21)20-18-11-12-6-5-7-13(10-12)22(24)25/h3-11H,2H2,1H3,(H,19,20)/b18-11-. The number of para-hydroxylation sites is 1. The van der Waals surface area contributed by atoms with Crippen molar-refractivity contribution < 1.29 is 4.92 Å². The molecule has 0 atom stereocenters. The van der Waals surface area contributed by atoms with E-state index in [2.05, 4.69) is 15.5 Å². The fourth-order valence-corrected chi connectivity index (χ4v) is 2.43. The van der Waals surface area contributed by atoms with E-state index >= 15 is 0 Å². The maximum absolute atomic E-state index is 12.5. The Morgan fingerprint density at radius 3 is 2.84 bits per heavy atom. The number of anilines is 1. The summed E-state index contributed by atoms with van der Waals surface area (Å²) in [5, 5.41) is 15.4. The molecule has 0 aliphatic rings. The lowest BCUT2D eigenvalue weighted by Crippen LogP contribution is -2.23. The topological polar surface area (TPSA) is 102 Å². The van der Waals surface area contributed by atoms with Crippen LogP contribution in [-0.2, 0) is 6.54 Å². The molecule has 1 heterocycles. The molecule has 0 unspecified atom stereocenters. The normalized spacial score (nSPS) is 11.1. The van der Waals surface area contributed by atoms with Crippen molar-refractivity contribution in [1.29, 1.82) is 0 Å². The molecule has 0 saturated carbocycles. The summed E-state index contributed by atoms with van der Waals surface area (Å²) in [5.41, 5.74) is 3.72. The highest BCUT2D eigenvalue weighted by Crippen LogP contribution is 2.13. The van der Waals surface area contributed by atoms with Crippen molar-refractivity contribution in [3.05, 3.63) is 74.6 Å². The fraction of sp³-hybridized carbons (Fsp3) is 0.118. The summed E-state index contributed by atoms with van der Waals surface area (Å²) in [4.78, 5) is 27.2. The third-order valence-electron chi connectivity index (χ3n) is 3.64. The molecule has 0 radical (unpaired) electrons. The first-order valence-electron chi connectivity index (χ1n) is 7.63. The molecule has 1 aromatic heterocycles. The molecule has 0 amide bonds. The number of nitrogens with zero attached hydrogens (tertiary/aromatic N) is 4. The summed E-state index contributed by atoms with van der Waals surface area (Å²) in [6.45, 7) is 2.28. The van der Waals surface area contributed by atoms with Crippen LogP contribution in [0.2, 0.25) is 0 Å². The van der Waals surface area contributed by atoms with Gasteiger partial charge < -0.3 is 0 Å². The minimum Gasteiger partial charge on any atom is -0.277 e. The zero-order valence-electron chi connectivity index (χ0n) is 13.4. The van der Waals surface area contributed by atoms with Crippen molar-refractivity contribution in [3.8, 4) is 0 Å². The van der Waals surface area contributed by atoms with Gasteiger partial charge in [0.15, 0.2) is 0 Å². The first kappa shape index (κ1) is 16.3. The molecule has 0 saturated heterocycles. The monoisotopic (exact) mass is 337 g/mol. The summed E-state index contributed by atoms with van der Waals surface area (Å²) >= 11 is 0. The zero-order valence-corrected chi connectivity index (χ0v) is 13.4. The van der Waals surface area contributed by atoms with Gasteiger partial charge in [0.25, 0.3) is 11.2 Å². The molecule has 0 aliphatic carbocycles. The summed E-state index contributed by atoms with van der Waals surface area (Å²) in [7, 11) is 0. The molecule has 25 heavy (non-hydrogen) atoms. The van der Waals surface area contributed by atoms with Crippen LogP contribution in [0.3, 0.4) is 0 Å². The van der Waals surface area contributed by atoms with Gasteiger partial charge in [-0.15, -0.1) is 0 Å². The van der Waals surface area contributed by atoms with Gasteiger partial charge in [-0.05, 0) is 19.1 Å². The molecule has 3 aromatic rings. The number of nitro groups is 1. The van der Waals surface area contributed by atoms with Crippen molar-refractivity contribution in [2.45, 2.75) is 13.5 Å². The van der Waals surface area contributed by atoms with E-state index in [4.69, 9.17) is 0 Å². The quantitative estimate of drug-likeness (QED) is 0.438.